The Labute approximate surface area is 117 Å². The summed E-state index contributed by atoms with van der Waals surface area (Å²) in [6.45, 7) is 5.23. The van der Waals surface area contributed by atoms with Crippen LogP contribution in [0.2, 0.25) is 0 Å². The van der Waals surface area contributed by atoms with E-state index in [1.165, 1.54) is 23.1 Å². The van der Waals surface area contributed by atoms with Crippen LogP contribution < -0.4 is 4.90 Å². The lowest BCUT2D eigenvalue weighted by Crippen LogP contribution is -2.53. The first-order chi connectivity index (χ1) is 9.32. The van der Waals surface area contributed by atoms with Crippen molar-refractivity contribution in [2.45, 2.75) is 33.2 Å². The third-order valence-corrected chi connectivity index (χ3v) is 4.01. The number of benzene rings is 1. The fourth-order valence-electron chi connectivity index (χ4n) is 3.06. The predicted octanol–water partition coefficient (Wildman–Crippen LogP) is 2.60. The lowest BCUT2D eigenvalue weighted by Gasteiger charge is -2.41. The number of nitrogens with zero attached hydrogens (tertiary/aromatic N) is 1. The summed E-state index contributed by atoms with van der Waals surface area (Å²) in [5.41, 5.74) is 1.21. The van der Waals surface area contributed by atoms with Crippen molar-refractivity contribution >= 4 is 17.6 Å². The van der Waals surface area contributed by atoms with E-state index in [0.29, 0.717) is 11.3 Å². The van der Waals surface area contributed by atoms with Crippen molar-refractivity contribution in [2.24, 2.45) is 11.8 Å². The van der Waals surface area contributed by atoms with Crippen molar-refractivity contribution in [1.82, 2.24) is 0 Å². The molecule has 1 aliphatic heterocycles. The minimum atomic E-state index is -0.901. The zero-order valence-electron chi connectivity index (χ0n) is 11.8. The van der Waals surface area contributed by atoms with Crippen LogP contribution in [0.1, 0.15) is 25.8 Å². The molecule has 1 aromatic rings. The van der Waals surface area contributed by atoms with Gasteiger partial charge in [0.1, 0.15) is 5.82 Å². The highest BCUT2D eigenvalue weighted by Gasteiger charge is 2.42. The van der Waals surface area contributed by atoms with Gasteiger partial charge in [-0.05, 0) is 43.5 Å². The number of aryl methyl sites for hydroxylation is 1. The number of carbonyl (C=O) groups is 2. The maximum absolute atomic E-state index is 13.2. The van der Waals surface area contributed by atoms with Gasteiger partial charge in [-0.2, -0.15) is 0 Å². The lowest BCUT2D eigenvalue weighted by molar-refractivity contribution is -0.146. The van der Waals surface area contributed by atoms with Gasteiger partial charge in [0.15, 0.2) is 0 Å². The van der Waals surface area contributed by atoms with E-state index in [2.05, 4.69) is 0 Å². The van der Waals surface area contributed by atoms with E-state index >= 15 is 0 Å². The van der Waals surface area contributed by atoms with Crippen molar-refractivity contribution in [2.75, 3.05) is 4.90 Å². The summed E-state index contributed by atoms with van der Waals surface area (Å²) in [6, 6.07) is 3.72. The van der Waals surface area contributed by atoms with Crippen LogP contribution in [-0.4, -0.2) is 23.0 Å². The molecule has 0 spiro atoms. The molecule has 2 rings (SSSR count). The Balaban J connectivity index is 2.43. The van der Waals surface area contributed by atoms with Crippen molar-refractivity contribution < 1.29 is 19.1 Å². The molecule has 1 amide bonds. The SMILES string of the molecule is Cc1cc(F)ccc1N1C(=O)CC(C)C(C(=O)O)C1C. The van der Waals surface area contributed by atoms with Crippen LogP contribution in [0.4, 0.5) is 10.1 Å². The van der Waals surface area contributed by atoms with E-state index in [4.69, 9.17) is 0 Å². The number of carboxylic acid groups (broad SMARTS) is 1. The fraction of sp³-hybridized carbons (Fsp3) is 0.467. The Morgan fingerprint density at radius 2 is 2.05 bits per heavy atom. The Hall–Kier alpha value is -1.91. The Morgan fingerprint density at radius 1 is 1.40 bits per heavy atom. The quantitative estimate of drug-likeness (QED) is 0.905. The Morgan fingerprint density at radius 3 is 2.60 bits per heavy atom. The van der Waals surface area contributed by atoms with Crippen LogP contribution in [0.15, 0.2) is 18.2 Å². The van der Waals surface area contributed by atoms with E-state index < -0.39 is 17.9 Å². The summed E-state index contributed by atoms with van der Waals surface area (Å²) in [6.07, 6.45) is 0.193. The summed E-state index contributed by atoms with van der Waals surface area (Å²) in [7, 11) is 0. The average molecular weight is 279 g/mol. The van der Waals surface area contributed by atoms with Crippen molar-refractivity contribution in [3.63, 3.8) is 0 Å². The van der Waals surface area contributed by atoms with Crippen LogP contribution in [0.5, 0.6) is 0 Å². The van der Waals surface area contributed by atoms with Gasteiger partial charge in [-0.3, -0.25) is 9.59 Å². The number of amides is 1. The van der Waals surface area contributed by atoms with Gasteiger partial charge in [-0.15, -0.1) is 0 Å². The number of halogens is 1. The normalized spacial score (nSPS) is 26.7. The number of hydrogen-bond donors (Lipinski definition) is 1. The minimum Gasteiger partial charge on any atom is -0.481 e. The second-order valence-electron chi connectivity index (χ2n) is 5.48. The largest absolute Gasteiger partial charge is 0.481 e. The molecule has 0 aliphatic carbocycles. The van der Waals surface area contributed by atoms with Gasteiger partial charge >= 0.3 is 5.97 Å². The van der Waals surface area contributed by atoms with Crippen LogP contribution >= 0.6 is 0 Å². The van der Waals surface area contributed by atoms with E-state index in [0.717, 1.165) is 0 Å². The molecule has 1 aliphatic rings. The van der Waals surface area contributed by atoms with E-state index in [1.807, 2.05) is 0 Å². The van der Waals surface area contributed by atoms with E-state index in [9.17, 15) is 19.1 Å². The second kappa shape index (κ2) is 5.23. The highest BCUT2D eigenvalue weighted by atomic mass is 19.1. The molecule has 3 unspecified atom stereocenters. The van der Waals surface area contributed by atoms with Gasteiger partial charge in [-0.1, -0.05) is 6.92 Å². The second-order valence-corrected chi connectivity index (χ2v) is 5.48. The average Bonchev–Trinajstić information content (AvgIpc) is 2.30. The summed E-state index contributed by atoms with van der Waals surface area (Å²) in [5.74, 6) is -2.20. The number of hydrogen-bond acceptors (Lipinski definition) is 2. The zero-order valence-corrected chi connectivity index (χ0v) is 11.8. The third kappa shape index (κ3) is 2.40. The summed E-state index contributed by atoms with van der Waals surface area (Å²) in [5, 5.41) is 9.35. The Kier molecular flexibility index (Phi) is 3.79. The number of anilines is 1. The topological polar surface area (TPSA) is 57.6 Å². The van der Waals surface area contributed by atoms with Crippen molar-refractivity contribution in [1.29, 1.82) is 0 Å². The number of aliphatic carboxylic acids is 1. The lowest BCUT2D eigenvalue weighted by atomic mass is 9.80. The molecule has 1 N–H and O–H groups in total. The molecular weight excluding hydrogens is 261 g/mol. The maximum atomic E-state index is 13.2. The van der Waals surface area contributed by atoms with Gasteiger partial charge in [0.25, 0.3) is 0 Å². The molecule has 108 valence electrons. The summed E-state index contributed by atoms with van der Waals surface area (Å²) in [4.78, 5) is 25.2. The van der Waals surface area contributed by atoms with E-state index in [1.54, 1.807) is 20.8 Å². The number of rotatable bonds is 2. The smallest absolute Gasteiger partial charge is 0.308 e. The summed E-state index contributed by atoms with van der Waals surface area (Å²) < 4.78 is 13.2. The highest BCUT2D eigenvalue weighted by Crippen LogP contribution is 2.35. The van der Waals surface area contributed by atoms with Gasteiger partial charge in [0, 0.05) is 18.2 Å². The van der Waals surface area contributed by atoms with Crippen molar-refractivity contribution in [3.05, 3.63) is 29.6 Å². The molecule has 0 aromatic heterocycles. The van der Waals surface area contributed by atoms with Gasteiger partial charge in [-0.25, -0.2) is 4.39 Å². The number of carbonyl (C=O) groups excluding carboxylic acids is 1. The summed E-state index contributed by atoms with van der Waals surface area (Å²) >= 11 is 0. The highest BCUT2D eigenvalue weighted by molar-refractivity contribution is 5.97. The van der Waals surface area contributed by atoms with Gasteiger partial charge in [0.2, 0.25) is 5.91 Å². The fourth-order valence-corrected chi connectivity index (χ4v) is 3.06. The molecule has 5 heteroatoms. The van der Waals surface area contributed by atoms with Gasteiger partial charge in [0.05, 0.1) is 5.92 Å². The standard InChI is InChI=1S/C15H18FNO3/c1-8-6-11(16)4-5-12(8)17-10(3)14(15(19)20)9(2)7-13(17)18/h4-6,9-10,14H,7H2,1-3H3,(H,19,20). The van der Waals surface area contributed by atoms with Crippen LogP contribution in [0.3, 0.4) is 0 Å². The zero-order chi connectivity index (χ0) is 15.0. The molecular formula is C15H18FNO3. The molecule has 20 heavy (non-hydrogen) atoms. The van der Waals surface area contributed by atoms with Crippen LogP contribution in [0.25, 0.3) is 0 Å². The minimum absolute atomic E-state index is 0.114. The van der Waals surface area contributed by atoms with Crippen molar-refractivity contribution in [3.8, 4) is 0 Å². The molecule has 0 bridgehead atoms. The molecule has 1 fully saturated rings. The molecule has 0 saturated carbocycles. The molecule has 4 nitrogen and oxygen atoms in total. The maximum Gasteiger partial charge on any atom is 0.308 e. The predicted molar refractivity (Wildman–Crippen MR) is 73.0 cm³/mol. The first-order valence-electron chi connectivity index (χ1n) is 6.64. The molecule has 1 saturated heterocycles. The van der Waals surface area contributed by atoms with Crippen LogP contribution in [-0.2, 0) is 9.59 Å². The van der Waals surface area contributed by atoms with Crippen LogP contribution in [0, 0.1) is 24.6 Å². The molecule has 0 radical (unpaired) electrons. The first-order valence-corrected chi connectivity index (χ1v) is 6.64. The molecule has 3 atom stereocenters. The number of carboxylic acids is 1. The molecule has 1 heterocycles. The van der Waals surface area contributed by atoms with E-state index in [-0.39, 0.29) is 24.1 Å². The monoisotopic (exact) mass is 279 g/mol. The first kappa shape index (κ1) is 14.5. The third-order valence-electron chi connectivity index (χ3n) is 4.01. The Bertz CT molecular complexity index is 558. The number of piperidine rings is 1. The molecule has 1 aromatic carbocycles. The van der Waals surface area contributed by atoms with Gasteiger partial charge < -0.3 is 10.0 Å².